The van der Waals surface area contributed by atoms with Gasteiger partial charge in [-0.1, -0.05) is 0 Å². The first-order valence-corrected chi connectivity index (χ1v) is 5.87. The predicted molar refractivity (Wildman–Crippen MR) is 11.7 cm³/mol. The first-order chi connectivity index (χ1) is 1.41. The summed E-state index contributed by atoms with van der Waals surface area (Å²) in [5, 5.41) is 0. The van der Waals surface area contributed by atoms with Crippen molar-refractivity contribution in [3.05, 3.63) is 0 Å². The third kappa shape index (κ3) is 9.03. The second-order valence-corrected chi connectivity index (χ2v) is 3.33. The molecule has 0 bridgehead atoms. The topological polar surface area (TPSA) is 0 Å². The van der Waals surface area contributed by atoms with Crippen LogP contribution in [0.15, 0.2) is 0 Å². The van der Waals surface area contributed by atoms with E-state index in [1.54, 1.807) is 0 Å². The molecule has 0 aliphatic heterocycles. The molecule has 0 saturated carbocycles. The molecule has 0 rings (SSSR count). The average molecular weight is 362 g/mol. The van der Waals surface area contributed by atoms with Gasteiger partial charge in [0.15, 0.2) is 0 Å². The van der Waals surface area contributed by atoms with Gasteiger partial charge in [0.05, 0.1) is 0 Å². The summed E-state index contributed by atoms with van der Waals surface area (Å²) in [7, 11) is 9.75. The fourth-order valence-corrected chi connectivity index (χ4v) is 0. The van der Waals surface area contributed by atoms with E-state index in [-0.39, 0.29) is 21.1 Å². The molecule has 0 nitrogen and oxygen atoms in total. The maximum absolute atomic E-state index is 4.88. The molecule has 4 heteroatoms. The molecular formula is Cl2MoPt. The van der Waals surface area contributed by atoms with Crippen molar-refractivity contribution in [2.75, 3.05) is 0 Å². The van der Waals surface area contributed by atoms with Crippen LogP contribution in [0.25, 0.3) is 0 Å². The van der Waals surface area contributed by atoms with Crippen LogP contribution in [0.1, 0.15) is 0 Å². The maximum Gasteiger partial charge on any atom is 0 e. The first kappa shape index (κ1) is 9.35. The molecule has 0 unspecified atom stereocenters. The predicted octanol–water partition coefficient (Wildman–Crippen LogP) is 1.37. The normalized spacial score (nSPS) is 5.50. The van der Waals surface area contributed by atoms with E-state index in [4.69, 9.17) is 18.8 Å². The summed E-state index contributed by atoms with van der Waals surface area (Å²) >= 11 is -0.472. The maximum atomic E-state index is 4.88. The van der Waals surface area contributed by atoms with Gasteiger partial charge in [-0.3, -0.25) is 0 Å². The fraction of sp³-hybridized carbons (Fsp3) is 0. The summed E-state index contributed by atoms with van der Waals surface area (Å²) in [5.41, 5.74) is 0. The zero-order valence-electron chi connectivity index (χ0n) is 1.48. The van der Waals surface area contributed by atoms with E-state index in [0.29, 0.717) is 0 Å². The molecule has 0 aliphatic carbocycles. The number of hydrogen-bond donors (Lipinski definition) is 0. The minimum atomic E-state index is -0.472. The third-order valence-electron chi connectivity index (χ3n) is 0. The molecule has 0 radical (unpaired) electrons. The van der Waals surface area contributed by atoms with Gasteiger partial charge in [-0.15, -0.1) is 0 Å². The van der Waals surface area contributed by atoms with E-state index in [1.165, 1.54) is 0 Å². The SMILES string of the molecule is [Cl][Pt][Cl].[Mo]. The van der Waals surface area contributed by atoms with Crippen LogP contribution in [0.4, 0.5) is 0 Å². The van der Waals surface area contributed by atoms with Crippen LogP contribution in [-0.2, 0) is 37.5 Å². The summed E-state index contributed by atoms with van der Waals surface area (Å²) in [6.07, 6.45) is 0. The van der Waals surface area contributed by atoms with Crippen LogP contribution >= 0.6 is 18.8 Å². The van der Waals surface area contributed by atoms with Crippen LogP contribution in [0.2, 0.25) is 0 Å². The molecule has 0 amide bonds. The molecule has 0 spiro atoms. The van der Waals surface area contributed by atoms with E-state index >= 15 is 0 Å². The van der Waals surface area contributed by atoms with Gasteiger partial charge in [0.1, 0.15) is 0 Å². The Hall–Kier alpha value is 1.96. The van der Waals surface area contributed by atoms with Gasteiger partial charge in [-0.05, 0) is 0 Å². The number of rotatable bonds is 0. The van der Waals surface area contributed by atoms with Crippen molar-refractivity contribution < 1.29 is 37.5 Å². The van der Waals surface area contributed by atoms with E-state index < -0.39 is 16.5 Å². The fourth-order valence-electron chi connectivity index (χ4n) is 0. The first-order valence-electron chi connectivity index (χ1n) is 0.239. The molecule has 4 heavy (non-hydrogen) atoms. The van der Waals surface area contributed by atoms with Gasteiger partial charge in [0, 0.05) is 21.1 Å². The second-order valence-electron chi connectivity index (χ2n) is 0.0452. The quantitative estimate of drug-likeness (QED) is 0.572. The molecule has 0 aromatic rings. The van der Waals surface area contributed by atoms with Crippen LogP contribution < -0.4 is 0 Å². The van der Waals surface area contributed by atoms with Gasteiger partial charge in [-0.2, -0.15) is 0 Å². The third-order valence-corrected chi connectivity index (χ3v) is 0. The van der Waals surface area contributed by atoms with E-state index in [0.717, 1.165) is 0 Å². The Morgan fingerprint density at radius 1 is 1.25 bits per heavy atom. The Bertz CT molecular complexity index is 6.00. The molecule has 0 saturated heterocycles. The molecule has 0 atom stereocenters. The van der Waals surface area contributed by atoms with Gasteiger partial charge >= 0.3 is 35.3 Å². The summed E-state index contributed by atoms with van der Waals surface area (Å²) in [6, 6.07) is 0. The monoisotopic (exact) mass is 363 g/mol. The van der Waals surface area contributed by atoms with Gasteiger partial charge in [0.25, 0.3) is 0 Å². The van der Waals surface area contributed by atoms with Crippen molar-refractivity contribution in [3.63, 3.8) is 0 Å². The minimum absolute atomic E-state index is 0. The number of hydrogen-bond acceptors (Lipinski definition) is 0. The summed E-state index contributed by atoms with van der Waals surface area (Å²) in [4.78, 5) is 0. The second kappa shape index (κ2) is 8.88. The van der Waals surface area contributed by atoms with Crippen LogP contribution in [0.5, 0.6) is 0 Å². The molecule has 30 valence electrons. The Morgan fingerprint density at radius 3 is 1.25 bits per heavy atom. The standard InChI is InChI=1S/2ClH.Mo.Pt/h2*1H;;/q;;;+2/p-2. The Kier molecular flexibility index (Phi) is 20.7. The molecule has 0 aromatic heterocycles. The Labute approximate surface area is 55.9 Å². The van der Waals surface area contributed by atoms with E-state index in [1.807, 2.05) is 0 Å². The zero-order valence-corrected chi connectivity index (χ0v) is 7.27. The van der Waals surface area contributed by atoms with Crippen molar-refractivity contribution in [2.24, 2.45) is 0 Å². The molecule has 0 aromatic carbocycles. The molecule has 0 N–H and O–H groups in total. The van der Waals surface area contributed by atoms with Crippen LogP contribution in [-0.4, -0.2) is 0 Å². The Balaban J connectivity index is 0. The van der Waals surface area contributed by atoms with Gasteiger partial charge in [-0.25, -0.2) is 0 Å². The van der Waals surface area contributed by atoms with Crippen LogP contribution in [0, 0.1) is 0 Å². The summed E-state index contributed by atoms with van der Waals surface area (Å²) < 4.78 is 0. The molecule has 0 heterocycles. The Morgan fingerprint density at radius 2 is 1.25 bits per heavy atom. The van der Waals surface area contributed by atoms with E-state index in [2.05, 4.69) is 0 Å². The van der Waals surface area contributed by atoms with Gasteiger partial charge < -0.3 is 0 Å². The zero-order chi connectivity index (χ0) is 2.71. The van der Waals surface area contributed by atoms with Crippen molar-refractivity contribution in [1.29, 1.82) is 0 Å². The number of halogens is 2. The molecule has 0 aliphatic rings. The summed E-state index contributed by atoms with van der Waals surface area (Å²) in [6.45, 7) is 0. The minimum Gasteiger partial charge on any atom is 0 e. The van der Waals surface area contributed by atoms with Gasteiger partial charge in [0.2, 0.25) is 0 Å². The largest absolute Gasteiger partial charge is 0 e. The van der Waals surface area contributed by atoms with E-state index in [9.17, 15) is 0 Å². The smallest absolute Gasteiger partial charge is 0 e. The van der Waals surface area contributed by atoms with Crippen molar-refractivity contribution >= 4 is 18.8 Å². The van der Waals surface area contributed by atoms with Crippen molar-refractivity contribution in [2.45, 2.75) is 0 Å². The molecule has 0 fully saturated rings. The van der Waals surface area contributed by atoms with Crippen molar-refractivity contribution in [3.8, 4) is 0 Å². The van der Waals surface area contributed by atoms with Crippen molar-refractivity contribution in [1.82, 2.24) is 0 Å². The average Bonchev–Trinajstić information content (AvgIpc) is 0.918. The van der Waals surface area contributed by atoms with Crippen LogP contribution in [0.3, 0.4) is 0 Å². The molecular weight excluding hydrogens is 362 g/mol. The summed E-state index contributed by atoms with van der Waals surface area (Å²) in [5.74, 6) is 0.